The highest BCUT2D eigenvalue weighted by Gasteiger charge is 1.96. The SMILES string of the molecule is NC(=O)NCc1ncco1. The minimum Gasteiger partial charge on any atom is -0.447 e. The van der Waals surface area contributed by atoms with Crippen molar-refractivity contribution in [1.29, 1.82) is 0 Å². The standard InChI is InChI=1S/C5H7N3O2/c6-5(9)8-3-4-7-1-2-10-4/h1-2H,3H2,(H3,6,8,9). The van der Waals surface area contributed by atoms with Crippen molar-refractivity contribution in [3.63, 3.8) is 0 Å². The first-order valence-electron chi connectivity index (χ1n) is 2.70. The fourth-order valence-corrected chi connectivity index (χ4v) is 0.503. The monoisotopic (exact) mass is 141 g/mol. The lowest BCUT2D eigenvalue weighted by atomic mass is 10.6. The second-order valence-corrected chi connectivity index (χ2v) is 1.64. The van der Waals surface area contributed by atoms with Crippen molar-refractivity contribution in [3.8, 4) is 0 Å². The number of oxazole rings is 1. The number of nitrogens with one attached hydrogen (secondary N) is 1. The average Bonchev–Trinajstić information content (AvgIpc) is 2.34. The minimum atomic E-state index is -0.585. The van der Waals surface area contributed by atoms with Gasteiger partial charge in [0.05, 0.1) is 12.7 Å². The summed E-state index contributed by atoms with van der Waals surface area (Å²) in [5.74, 6) is 0.443. The number of amides is 2. The van der Waals surface area contributed by atoms with Crippen LogP contribution in [0.25, 0.3) is 0 Å². The predicted molar refractivity (Wildman–Crippen MR) is 32.9 cm³/mol. The van der Waals surface area contributed by atoms with Crippen molar-refractivity contribution < 1.29 is 9.21 Å². The molecule has 0 aromatic carbocycles. The van der Waals surface area contributed by atoms with Gasteiger partial charge < -0.3 is 15.5 Å². The first-order valence-corrected chi connectivity index (χ1v) is 2.70. The van der Waals surface area contributed by atoms with E-state index < -0.39 is 6.03 Å². The lowest BCUT2D eigenvalue weighted by molar-refractivity contribution is 0.247. The van der Waals surface area contributed by atoms with E-state index in [9.17, 15) is 4.79 Å². The molecule has 0 aliphatic heterocycles. The lowest BCUT2D eigenvalue weighted by Gasteiger charge is -1.94. The number of aromatic nitrogens is 1. The van der Waals surface area contributed by atoms with Crippen molar-refractivity contribution in [2.75, 3.05) is 0 Å². The van der Waals surface area contributed by atoms with Crippen LogP contribution in [0.1, 0.15) is 5.89 Å². The Morgan fingerprint density at radius 2 is 2.70 bits per heavy atom. The summed E-state index contributed by atoms with van der Waals surface area (Å²) in [6, 6.07) is -0.585. The Kier molecular flexibility index (Phi) is 1.89. The van der Waals surface area contributed by atoms with Crippen LogP contribution in [-0.4, -0.2) is 11.0 Å². The van der Waals surface area contributed by atoms with Gasteiger partial charge in [-0.15, -0.1) is 0 Å². The molecule has 0 spiro atoms. The maximum atomic E-state index is 10.1. The Bertz CT molecular complexity index is 207. The van der Waals surface area contributed by atoms with E-state index in [-0.39, 0.29) is 6.54 Å². The molecule has 10 heavy (non-hydrogen) atoms. The molecule has 1 rings (SSSR count). The van der Waals surface area contributed by atoms with Crippen molar-refractivity contribution in [2.24, 2.45) is 5.73 Å². The Morgan fingerprint density at radius 3 is 3.20 bits per heavy atom. The fourth-order valence-electron chi connectivity index (χ4n) is 0.503. The summed E-state index contributed by atoms with van der Waals surface area (Å²) in [6.45, 7) is 0.238. The largest absolute Gasteiger partial charge is 0.447 e. The first-order chi connectivity index (χ1) is 4.79. The van der Waals surface area contributed by atoms with Gasteiger partial charge in [-0.25, -0.2) is 9.78 Å². The Morgan fingerprint density at radius 1 is 1.90 bits per heavy atom. The van der Waals surface area contributed by atoms with E-state index in [0.29, 0.717) is 5.89 Å². The number of carbonyl (C=O) groups is 1. The summed E-state index contributed by atoms with van der Waals surface area (Å²) in [4.78, 5) is 13.9. The quantitative estimate of drug-likeness (QED) is 0.600. The van der Waals surface area contributed by atoms with E-state index in [2.05, 4.69) is 10.3 Å². The molecule has 0 atom stereocenters. The van der Waals surface area contributed by atoms with Crippen molar-refractivity contribution in [3.05, 3.63) is 18.4 Å². The number of rotatable bonds is 2. The van der Waals surface area contributed by atoms with Crippen LogP contribution >= 0.6 is 0 Å². The molecule has 0 unspecified atom stereocenters. The molecule has 0 fully saturated rings. The number of carbonyl (C=O) groups excluding carboxylic acids is 1. The summed E-state index contributed by atoms with van der Waals surface area (Å²) >= 11 is 0. The van der Waals surface area contributed by atoms with Crippen molar-refractivity contribution in [1.82, 2.24) is 10.3 Å². The van der Waals surface area contributed by atoms with Crippen molar-refractivity contribution >= 4 is 6.03 Å². The Balaban J connectivity index is 2.35. The van der Waals surface area contributed by atoms with E-state index in [1.165, 1.54) is 12.5 Å². The number of hydrogen-bond acceptors (Lipinski definition) is 3. The van der Waals surface area contributed by atoms with Gasteiger partial charge in [-0.2, -0.15) is 0 Å². The third kappa shape index (κ3) is 1.77. The van der Waals surface area contributed by atoms with Crippen LogP contribution in [0, 0.1) is 0 Å². The van der Waals surface area contributed by atoms with E-state index in [1.54, 1.807) is 0 Å². The van der Waals surface area contributed by atoms with Crippen LogP contribution < -0.4 is 11.1 Å². The number of nitrogens with two attached hydrogens (primary N) is 1. The van der Waals surface area contributed by atoms with Crippen LogP contribution in [-0.2, 0) is 6.54 Å². The van der Waals surface area contributed by atoms with Crippen LogP contribution in [0.2, 0.25) is 0 Å². The van der Waals surface area contributed by atoms with Crippen molar-refractivity contribution in [2.45, 2.75) is 6.54 Å². The molecule has 0 aliphatic carbocycles. The molecule has 0 bridgehead atoms. The number of nitrogens with zero attached hydrogens (tertiary/aromatic N) is 1. The molecule has 2 amide bonds. The number of primary amides is 1. The Labute approximate surface area is 57.2 Å². The molecular formula is C5H7N3O2. The average molecular weight is 141 g/mol. The predicted octanol–water partition coefficient (Wildman–Crippen LogP) is -0.157. The molecule has 54 valence electrons. The molecule has 1 heterocycles. The number of hydrogen-bond donors (Lipinski definition) is 2. The molecular weight excluding hydrogens is 134 g/mol. The van der Waals surface area contributed by atoms with Gasteiger partial charge in [-0.3, -0.25) is 0 Å². The van der Waals surface area contributed by atoms with Gasteiger partial charge in [0.2, 0.25) is 5.89 Å². The maximum Gasteiger partial charge on any atom is 0.312 e. The van der Waals surface area contributed by atoms with Crippen LogP contribution in [0.4, 0.5) is 4.79 Å². The van der Waals surface area contributed by atoms with Gasteiger partial charge in [0.25, 0.3) is 0 Å². The smallest absolute Gasteiger partial charge is 0.312 e. The molecule has 0 saturated heterocycles. The maximum absolute atomic E-state index is 10.1. The highest BCUT2D eigenvalue weighted by atomic mass is 16.3. The topological polar surface area (TPSA) is 81.2 Å². The highest BCUT2D eigenvalue weighted by Crippen LogP contribution is 1.91. The summed E-state index contributed by atoms with van der Waals surface area (Å²) < 4.78 is 4.80. The zero-order valence-electron chi connectivity index (χ0n) is 5.20. The molecule has 3 N–H and O–H groups in total. The van der Waals surface area contributed by atoms with Gasteiger partial charge in [-0.05, 0) is 0 Å². The molecule has 5 heteroatoms. The zero-order valence-corrected chi connectivity index (χ0v) is 5.20. The van der Waals surface area contributed by atoms with Crippen LogP contribution in [0.15, 0.2) is 16.9 Å². The van der Waals surface area contributed by atoms with Gasteiger partial charge in [0.15, 0.2) is 0 Å². The molecule has 1 aromatic rings. The Hall–Kier alpha value is -1.52. The van der Waals surface area contributed by atoms with E-state index in [1.807, 2.05) is 0 Å². The number of urea groups is 1. The molecule has 5 nitrogen and oxygen atoms in total. The van der Waals surface area contributed by atoms with E-state index in [4.69, 9.17) is 10.2 Å². The first kappa shape index (κ1) is 6.60. The van der Waals surface area contributed by atoms with Gasteiger partial charge in [0.1, 0.15) is 6.26 Å². The third-order valence-corrected chi connectivity index (χ3v) is 0.897. The van der Waals surface area contributed by atoms with E-state index >= 15 is 0 Å². The highest BCUT2D eigenvalue weighted by molar-refractivity contribution is 5.71. The second kappa shape index (κ2) is 2.86. The summed E-state index contributed by atoms with van der Waals surface area (Å²) in [5, 5.41) is 2.33. The normalized spacial score (nSPS) is 9.20. The zero-order chi connectivity index (χ0) is 7.40. The third-order valence-electron chi connectivity index (χ3n) is 0.897. The lowest BCUT2D eigenvalue weighted by Crippen LogP contribution is -2.28. The summed E-state index contributed by atoms with van der Waals surface area (Å²) in [7, 11) is 0. The summed E-state index contributed by atoms with van der Waals surface area (Å²) in [5.41, 5.74) is 4.79. The van der Waals surface area contributed by atoms with Gasteiger partial charge in [-0.1, -0.05) is 0 Å². The van der Waals surface area contributed by atoms with Crippen LogP contribution in [0.5, 0.6) is 0 Å². The fraction of sp³-hybridized carbons (Fsp3) is 0.200. The van der Waals surface area contributed by atoms with Gasteiger partial charge in [0, 0.05) is 0 Å². The minimum absolute atomic E-state index is 0.238. The molecule has 1 aromatic heterocycles. The van der Waals surface area contributed by atoms with Crippen LogP contribution in [0.3, 0.4) is 0 Å². The molecule has 0 radical (unpaired) electrons. The van der Waals surface area contributed by atoms with Gasteiger partial charge >= 0.3 is 6.03 Å². The molecule has 0 aliphatic rings. The molecule has 0 saturated carbocycles. The second-order valence-electron chi connectivity index (χ2n) is 1.64. The summed E-state index contributed by atoms with van der Waals surface area (Å²) in [6.07, 6.45) is 2.93. The van der Waals surface area contributed by atoms with E-state index in [0.717, 1.165) is 0 Å².